The SMILES string of the molecule is COc1cc(NS(=O)(=O)c2ccsc2C(=O)O)ccc1Nc1ccccc1. The molecule has 1 heterocycles. The van der Waals surface area contributed by atoms with E-state index < -0.39 is 16.0 Å². The molecule has 0 aliphatic rings. The molecule has 1 aromatic heterocycles. The minimum absolute atomic E-state index is 0.239. The van der Waals surface area contributed by atoms with Gasteiger partial charge in [0.2, 0.25) is 0 Å². The number of para-hydroxylation sites is 1. The summed E-state index contributed by atoms with van der Waals surface area (Å²) in [6.45, 7) is 0. The molecule has 0 amide bonds. The average molecular weight is 404 g/mol. The molecular weight excluding hydrogens is 388 g/mol. The lowest BCUT2D eigenvalue weighted by Gasteiger charge is -2.14. The van der Waals surface area contributed by atoms with E-state index in [1.165, 1.54) is 24.6 Å². The minimum Gasteiger partial charge on any atom is -0.494 e. The van der Waals surface area contributed by atoms with E-state index in [-0.39, 0.29) is 15.5 Å². The molecule has 0 bridgehead atoms. The number of rotatable bonds is 7. The van der Waals surface area contributed by atoms with Crippen molar-refractivity contribution in [2.45, 2.75) is 4.90 Å². The molecule has 27 heavy (non-hydrogen) atoms. The van der Waals surface area contributed by atoms with Gasteiger partial charge in [0.25, 0.3) is 10.0 Å². The van der Waals surface area contributed by atoms with Crippen LogP contribution in [0.5, 0.6) is 5.75 Å². The van der Waals surface area contributed by atoms with Crippen LogP contribution >= 0.6 is 11.3 Å². The lowest BCUT2D eigenvalue weighted by Crippen LogP contribution is -2.15. The van der Waals surface area contributed by atoms with Crippen molar-refractivity contribution in [1.82, 2.24) is 0 Å². The highest BCUT2D eigenvalue weighted by atomic mass is 32.2. The van der Waals surface area contributed by atoms with Crippen molar-refractivity contribution in [2.75, 3.05) is 17.1 Å². The van der Waals surface area contributed by atoms with Gasteiger partial charge in [0.05, 0.1) is 18.5 Å². The van der Waals surface area contributed by atoms with Crippen LogP contribution in [0, 0.1) is 0 Å². The first-order chi connectivity index (χ1) is 12.9. The number of thiophene rings is 1. The number of carboxylic acid groups (broad SMARTS) is 1. The summed E-state index contributed by atoms with van der Waals surface area (Å²) in [7, 11) is -2.56. The average Bonchev–Trinajstić information content (AvgIpc) is 3.15. The Morgan fingerprint density at radius 2 is 1.81 bits per heavy atom. The van der Waals surface area contributed by atoms with Crippen molar-refractivity contribution in [2.24, 2.45) is 0 Å². The Labute approximate surface area is 160 Å². The second-order valence-corrected chi connectivity index (χ2v) is 8.00. The van der Waals surface area contributed by atoms with Gasteiger partial charge in [-0.25, -0.2) is 13.2 Å². The van der Waals surface area contributed by atoms with Gasteiger partial charge in [0.1, 0.15) is 15.5 Å². The van der Waals surface area contributed by atoms with Crippen LogP contribution in [-0.4, -0.2) is 26.6 Å². The van der Waals surface area contributed by atoms with Gasteiger partial charge in [0.15, 0.2) is 0 Å². The third kappa shape index (κ3) is 4.21. The molecule has 0 fully saturated rings. The molecule has 9 heteroatoms. The Kier molecular flexibility index (Phi) is 5.33. The minimum atomic E-state index is -4.04. The summed E-state index contributed by atoms with van der Waals surface area (Å²) in [6.07, 6.45) is 0. The third-order valence-corrected chi connectivity index (χ3v) is 6.07. The number of carboxylic acids is 1. The molecule has 2 aromatic carbocycles. The van der Waals surface area contributed by atoms with E-state index in [0.717, 1.165) is 17.0 Å². The van der Waals surface area contributed by atoms with Crippen molar-refractivity contribution in [3.63, 3.8) is 0 Å². The number of hydrogen-bond donors (Lipinski definition) is 3. The van der Waals surface area contributed by atoms with Gasteiger partial charge in [-0.3, -0.25) is 4.72 Å². The summed E-state index contributed by atoms with van der Waals surface area (Å²) in [5.74, 6) is -0.854. The van der Waals surface area contributed by atoms with Crippen LogP contribution in [0.2, 0.25) is 0 Å². The first-order valence-electron chi connectivity index (χ1n) is 7.74. The maximum atomic E-state index is 12.5. The van der Waals surface area contributed by atoms with E-state index >= 15 is 0 Å². The van der Waals surface area contributed by atoms with Crippen molar-refractivity contribution in [3.05, 3.63) is 64.9 Å². The van der Waals surface area contributed by atoms with Crippen LogP contribution < -0.4 is 14.8 Å². The molecule has 0 saturated heterocycles. The number of nitrogens with one attached hydrogen (secondary N) is 2. The van der Waals surface area contributed by atoms with Gasteiger partial charge < -0.3 is 15.2 Å². The monoisotopic (exact) mass is 404 g/mol. The molecule has 0 atom stereocenters. The molecular formula is C18H16N2O5S2. The summed E-state index contributed by atoms with van der Waals surface area (Å²) in [4.78, 5) is 10.7. The van der Waals surface area contributed by atoms with Crippen LogP contribution in [0.25, 0.3) is 0 Å². The lowest BCUT2D eigenvalue weighted by molar-refractivity contribution is 0.0698. The highest BCUT2D eigenvalue weighted by Crippen LogP contribution is 2.32. The third-order valence-electron chi connectivity index (χ3n) is 3.62. The number of sulfonamides is 1. The Bertz CT molecular complexity index is 1060. The predicted molar refractivity (Wildman–Crippen MR) is 105 cm³/mol. The molecule has 0 spiro atoms. The Morgan fingerprint density at radius 3 is 2.48 bits per heavy atom. The number of ether oxygens (including phenoxy) is 1. The predicted octanol–water partition coefficient (Wildman–Crippen LogP) is 4.00. The van der Waals surface area contributed by atoms with E-state index in [2.05, 4.69) is 10.0 Å². The first-order valence-corrected chi connectivity index (χ1v) is 10.1. The molecule has 3 N–H and O–H groups in total. The summed E-state index contributed by atoms with van der Waals surface area (Å²) in [6, 6.07) is 15.5. The van der Waals surface area contributed by atoms with Crippen molar-refractivity contribution < 1.29 is 23.1 Å². The normalized spacial score (nSPS) is 11.0. The maximum absolute atomic E-state index is 12.5. The Hall–Kier alpha value is -3.04. The van der Waals surface area contributed by atoms with Crippen LogP contribution in [0.4, 0.5) is 17.1 Å². The Morgan fingerprint density at radius 1 is 1.07 bits per heavy atom. The number of benzene rings is 2. The zero-order valence-electron chi connectivity index (χ0n) is 14.2. The fourth-order valence-corrected chi connectivity index (χ4v) is 4.72. The van der Waals surface area contributed by atoms with Gasteiger partial charge in [0, 0.05) is 11.8 Å². The second-order valence-electron chi connectivity index (χ2n) is 5.43. The standard InChI is InChI=1S/C18H16N2O5S2/c1-25-15-11-13(7-8-14(15)19-12-5-3-2-4-6-12)20-27(23,24)16-9-10-26-17(16)18(21)22/h2-11,19-20H,1H3,(H,21,22). The van der Waals surface area contributed by atoms with E-state index in [9.17, 15) is 13.2 Å². The number of methoxy groups -OCH3 is 1. The molecule has 0 unspecified atom stereocenters. The number of aromatic carboxylic acids is 1. The largest absolute Gasteiger partial charge is 0.494 e. The zero-order chi connectivity index (χ0) is 19.4. The fraction of sp³-hybridized carbons (Fsp3) is 0.0556. The lowest BCUT2D eigenvalue weighted by atomic mass is 10.2. The van der Waals surface area contributed by atoms with E-state index in [0.29, 0.717) is 11.4 Å². The highest BCUT2D eigenvalue weighted by Gasteiger charge is 2.24. The van der Waals surface area contributed by atoms with E-state index in [1.54, 1.807) is 12.1 Å². The van der Waals surface area contributed by atoms with Crippen LogP contribution in [-0.2, 0) is 10.0 Å². The fourth-order valence-electron chi connectivity index (χ4n) is 2.41. The molecule has 0 aliphatic carbocycles. The second kappa shape index (κ2) is 7.68. The smallest absolute Gasteiger partial charge is 0.347 e. The number of carbonyl (C=O) groups is 1. The molecule has 140 valence electrons. The molecule has 0 saturated carbocycles. The summed E-state index contributed by atoms with van der Waals surface area (Å²) in [5, 5.41) is 13.7. The zero-order valence-corrected chi connectivity index (χ0v) is 15.8. The topological polar surface area (TPSA) is 105 Å². The summed E-state index contributed by atoms with van der Waals surface area (Å²) >= 11 is 0.853. The van der Waals surface area contributed by atoms with Gasteiger partial charge >= 0.3 is 5.97 Å². The first kappa shape index (κ1) is 18.7. The molecule has 3 rings (SSSR count). The van der Waals surface area contributed by atoms with Gasteiger partial charge in [-0.15, -0.1) is 11.3 Å². The van der Waals surface area contributed by atoms with E-state index in [4.69, 9.17) is 9.84 Å². The van der Waals surface area contributed by atoms with Crippen molar-refractivity contribution >= 4 is 44.4 Å². The number of hydrogen-bond acceptors (Lipinski definition) is 6. The van der Waals surface area contributed by atoms with Crippen LogP contribution in [0.15, 0.2) is 64.9 Å². The maximum Gasteiger partial charge on any atom is 0.347 e. The van der Waals surface area contributed by atoms with Gasteiger partial charge in [-0.1, -0.05) is 18.2 Å². The van der Waals surface area contributed by atoms with Crippen molar-refractivity contribution in [3.8, 4) is 5.75 Å². The highest BCUT2D eigenvalue weighted by molar-refractivity contribution is 7.93. The molecule has 0 radical (unpaired) electrons. The van der Waals surface area contributed by atoms with E-state index in [1.807, 2.05) is 30.3 Å². The summed E-state index contributed by atoms with van der Waals surface area (Å²) < 4.78 is 32.8. The quantitative estimate of drug-likeness (QED) is 0.550. The van der Waals surface area contributed by atoms with Gasteiger partial charge in [-0.2, -0.15) is 0 Å². The van der Waals surface area contributed by atoms with Gasteiger partial charge in [-0.05, 0) is 35.7 Å². The van der Waals surface area contributed by atoms with Crippen LogP contribution in [0.3, 0.4) is 0 Å². The molecule has 3 aromatic rings. The molecule has 7 nitrogen and oxygen atoms in total. The Balaban J connectivity index is 1.87. The number of anilines is 3. The van der Waals surface area contributed by atoms with Crippen molar-refractivity contribution in [1.29, 1.82) is 0 Å². The summed E-state index contributed by atoms with van der Waals surface area (Å²) in [5.41, 5.74) is 1.77. The molecule has 0 aliphatic heterocycles. The van der Waals surface area contributed by atoms with Crippen LogP contribution in [0.1, 0.15) is 9.67 Å².